The van der Waals surface area contributed by atoms with Crippen LogP contribution < -0.4 is 0 Å². The molecule has 0 aromatic carbocycles. The molecule has 0 aliphatic carbocycles. The summed E-state index contributed by atoms with van der Waals surface area (Å²) < 4.78 is 17.6. The minimum atomic E-state index is -1.14. The fraction of sp³-hybridized carbons (Fsp3) is 0.750. The van der Waals surface area contributed by atoms with E-state index in [-0.39, 0.29) is 42.5 Å². The molecule has 0 radical (unpaired) electrons. The summed E-state index contributed by atoms with van der Waals surface area (Å²) >= 11 is 0. The summed E-state index contributed by atoms with van der Waals surface area (Å²) in [5, 5.41) is 40.6. The molecule has 0 spiro atoms. The van der Waals surface area contributed by atoms with Crippen LogP contribution in [0.4, 0.5) is 4.79 Å². The van der Waals surface area contributed by atoms with E-state index in [0.29, 0.717) is 64.8 Å². The maximum Gasteiger partial charge on any atom is 0.410 e. The monoisotopic (exact) mass is 659 g/mol. The predicted octanol–water partition coefficient (Wildman–Crippen LogP) is 4.13. The maximum absolute atomic E-state index is 13.2. The first kappa shape index (κ1) is 38.7. The van der Waals surface area contributed by atoms with Crippen molar-refractivity contribution in [3.8, 4) is 6.07 Å². The van der Waals surface area contributed by atoms with Crippen LogP contribution in [0.1, 0.15) is 80.1 Å². The zero-order chi connectivity index (χ0) is 34.7. The van der Waals surface area contributed by atoms with Gasteiger partial charge in [-0.2, -0.15) is 5.26 Å². The van der Waals surface area contributed by atoms with Gasteiger partial charge in [0.05, 0.1) is 42.5 Å². The Morgan fingerprint density at radius 1 is 1.23 bits per heavy atom. The Bertz CT molecular complexity index is 1160. The van der Waals surface area contributed by atoms with Gasteiger partial charge in [0.25, 0.3) is 0 Å². The lowest BCUT2D eigenvalue weighted by molar-refractivity contribution is -0.151. The molecule has 0 aromatic heterocycles. The van der Waals surface area contributed by atoms with Crippen LogP contribution in [0.15, 0.2) is 36.0 Å². The van der Waals surface area contributed by atoms with Gasteiger partial charge in [-0.1, -0.05) is 52.0 Å². The van der Waals surface area contributed by atoms with Gasteiger partial charge < -0.3 is 34.4 Å². The summed E-state index contributed by atoms with van der Waals surface area (Å²) in [5.41, 5.74) is -0.382. The van der Waals surface area contributed by atoms with Crippen LogP contribution in [0.5, 0.6) is 0 Å². The van der Waals surface area contributed by atoms with Crippen molar-refractivity contribution in [2.24, 2.45) is 17.8 Å². The Kier molecular flexibility index (Phi) is 14.9. The van der Waals surface area contributed by atoms with Gasteiger partial charge in [0.15, 0.2) is 0 Å². The van der Waals surface area contributed by atoms with Crippen molar-refractivity contribution in [3.63, 3.8) is 0 Å². The first-order chi connectivity index (χ1) is 22.2. The Labute approximate surface area is 280 Å². The van der Waals surface area contributed by atoms with E-state index in [1.807, 2.05) is 52.8 Å². The van der Waals surface area contributed by atoms with Gasteiger partial charge in [0.1, 0.15) is 12.2 Å². The number of nitriles is 1. The largest absolute Gasteiger partial charge is 0.457 e. The quantitative estimate of drug-likeness (QED) is 0.128. The molecule has 3 rings (SSSR count). The minimum absolute atomic E-state index is 0.00151. The standard InChI is InChI=1S/C36H57N3O8/c1-7-29(41)27(5)34-31(45-34)23-36(6,44)15-8-10-25(3)33-26(4)12-14-30(24(2)11-13-28(40)22-32(42)47-33)46-35(43)39-20-18-38(19-21-39)17-9-16-37/h8,10,12,14-15,24,26-31,33-34,40-41,44H,7,9,11,13,17-23H2,1-6H3. The molecule has 3 heterocycles. The van der Waals surface area contributed by atoms with E-state index in [2.05, 4.69) is 11.0 Å². The molecular weight excluding hydrogens is 602 g/mol. The van der Waals surface area contributed by atoms with E-state index in [1.54, 1.807) is 24.0 Å². The van der Waals surface area contributed by atoms with Crippen molar-refractivity contribution in [3.05, 3.63) is 36.0 Å². The number of hydrogen-bond acceptors (Lipinski definition) is 10. The maximum atomic E-state index is 13.2. The molecule has 11 heteroatoms. The second-order valence-corrected chi connectivity index (χ2v) is 14.0. The molecule has 10 unspecified atom stereocenters. The first-order valence-corrected chi connectivity index (χ1v) is 17.3. The number of ether oxygens (including phenoxy) is 3. The van der Waals surface area contributed by atoms with Crippen molar-refractivity contribution < 1.29 is 39.1 Å². The molecule has 0 saturated carbocycles. The van der Waals surface area contributed by atoms with Crippen LogP contribution in [0.3, 0.4) is 0 Å². The molecule has 3 N–H and O–H groups in total. The normalized spacial score (nSPS) is 32.3. The highest BCUT2D eigenvalue weighted by Crippen LogP contribution is 2.37. The van der Waals surface area contributed by atoms with Gasteiger partial charge in [-0.3, -0.25) is 9.69 Å². The Morgan fingerprint density at radius 3 is 2.60 bits per heavy atom. The molecule has 3 aliphatic heterocycles. The highest BCUT2D eigenvalue weighted by atomic mass is 16.6. The van der Waals surface area contributed by atoms with Crippen LogP contribution >= 0.6 is 0 Å². The number of esters is 1. The van der Waals surface area contributed by atoms with Crippen molar-refractivity contribution in [2.45, 2.75) is 122 Å². The van der Waals surface area contributed by atoms with Crippen LogP contribution in [0.2, 0.25) is 0 Å². The fourth-order valence-electron chi connectivity index (χ4n) is 6.35. The summed E-state index contributed by atoms with van der Waals surface area (Å²) in [6.45, 7) is 14.5. The number of cyclic esters (lactones) is 1. The number of epoxide rings is 1. The topological polar surface area (TPSA) is 156 Å². The molecule has 264 valence electrons. The third-order valence-corrected chi connectivity index (χ3v) is 9.71. The van der Waals surface area contributed by atoms with Crippen LogP contribution in [0.25, 0.3) is 0 Å². The number of carbonyl (C=O) groups is 2. The van der Waals surface area contributed by atoms with Gasteiger partial charge in [-0.15, -0.1) is 0 Å². The van der Waals surface area contributed by atoms with Crippen LogP contribution in [-0.4, -0.2) is 112 Å². The third-order valence-electron chi connectivity index (χ3n) is 9.71. The van der Waals surface area contributed by atoms with E-state index in [1.165, 1.54) is 0 Å². The van der Waals surface area contributed by atoms with Gasteiger partial charge in [0, 0.05) is 57.4 Å². The highest BCUT2D eigenvalue weighted by molar-refractivity contribution is 5.70. The van der Waals surface area contributed by atoms with Crippen LogP contribution in [-0.2, 0) is 19.0 Å². The average Bonchev–Trinajstić information content (AvgIpc) is 3.79. The lowest BCUT2D eigenvalue weighted by Gasteiger charge is -2.35. The minimum Gasteiger partial charge on any atom is -0.457 e. The molecule has 0 bridgehead atoms. The second kappa shape index (κ2) is 18.1. The molecule has 3 aliphatic rings. The van der Waals surface area contributed by atoms with Crippen molar-refractivity contribution in [1.29, 1.82) is 5.26 Å². The molecule has 0 aromatic rings. The molecule has 47 heavy (non-hydrogen) atoms. The average molecular weight is 660 g/mol. The van der Waals surface area contributed by atoms with E-state index < -0.39 is 36.0 Å². The number of carbonyl (C=O) groups excluding carboxylic acids is 2. The molecular formula is C36H57N3O8. The molecule has 2 fully saturated rings. The zero-order valence-electron chi connectivity index (χ0n) is 29.1. The lowest BCUT2D eigenvalue weighted by Crippen LogP contribution is -2.49. The third kappa shape index (κ3) is 12.3. The summed E-state index contributed by atoms with van der Waals surface area (Å²) in [6.07, 6.45) is 8.27. The first-order valence-electron chi connectivity index (χ1n) is 17.3. The number of aliphatic hydroxyl groups is 3. The van der Waals surface area contributed by atoms with Gasteiger partial charge in [0.2, 0.25) is 0 Å². The number of hydrogen-bond donors (Lipinski definition) is 3. The zero-order valence-corrected chi connectivity index (χ0v) is 29.1. The lowest BCUT2D eigenvalue weighted by atomic mass is 9.91. The molecule has 1 amide bonds. The smallest absolute Gasteiger partial charge is 0.410 e. The number of aliphatic hydroxyl groups excluding tert-OH is 2. The number of allylic oxidation sites excluding steroid dienone is 2. The van der Waals surface area contributed by atoms with E-state index in [9.17, 15) is 24.9 Å². The number of rotatable bonds is 11. The van der Waals surface area contributed by atoms with E-state index in [4.69, 9.17) is 19.5 Å². The van der Waals surface area contributed by atoms with Gasteiger partial charge >= 0.3 is 12.1 Å². The Morgan fingerprint density at radius 2 is 1.94 bits per heavy atom. The van der Waals surface area contributed by atoms with Gasteiger partial charge in [-0.05, 0) is 50.7 Å². The van der Waals surface area contributed by atoms with Crippen LogP contribution in [0, 0.1) is 29.1 Å². The predicted molar refractivity (Wildman–Crippen MR) is 178 cm³/mol. The molecule has 2 saturated heterocycles. The van der Waals surface area contributed by atoms with Crippen molar-refractivity contribution in [1.82, 2.24) is 9.80 Å². The fourth-order valence-corrected chi connectivity index (χ4v) is 6.35. The van der Waals surface area contributed by atoms with E-state index in [0.717, 1.165) is 5.57 Å². The van der Waals surface area contributed by atoms with E-state index >= 15 is 0 Å². The van der Waals surface area contributed by atoms with Crippen molar-refractivity contribution >= 4 is 12.1 Å². The summed E-state index contributed by atoms with van der Waals surface area (Å²) in [4.78, 5) is 29.8. The number of nitrogens with zero attached hydrogens (tertiary/aromatic N) is 3. The second-order valence-electron chi connectivity index (χ2n) is 14.0. The molecule has 11 nitrogen and oxygen atoms in total. The highest BCUT2D eigenvalue weighted by Gasteiger charge is 2.47. The SMILES string of the molecule is CCC(O)C(C)C1OC1CC(C)(O)C=CC=C(C)C1OC(=O)CC(O)CCC(C)C(OC(=O)N2CCN(CCC#N)CC2)C=CC1C. The molecule has 10 atom stereocenters. The summed E-state index contributed by atoms with van der Waals surface area (Å²) in [7, 11) is 0. The summed E-state index contributed by atoms with van der Waals surface area (Å²) in [6, 6.07) is 2.16. The number of amides is 1. The number of piperazine rings is 1. The Balaban J connectivity index is 1.68. The van der Waals surface area contributed by atoms with Crippen molar-refractivity contribution in [2.75, 3.05) is 32.7 Å². The summed E-state index contributed by atoms with van der Waals surface area (Å²) in [5.74, 6) is -0.854. The van der Waals surface area contributed by atoms with Gasteiger partial charge in [-0.25, -0.2) is 4.79 Å². The Hall–Kier alpha value is -2.75.